The molecule has 0 saturated heterocycles. The maximum atomic E-state index is 14.6. The number of nitrogens with zero attached hydrogens (tertiary/aromatic N) is 4. The van der Waals surface area contributed by atoms with Crippen LogP contribution in [0.1, 0.15) is 37.7 Å². The fourth-order valence-corrected chi connectivity index (χ4v) is 4.69. The van der Waals surface area contributed by atoms with E-state index < -0.39 is 0 Å². The minimum atomic E-state index is -0.326. The highest BCUT2D eigenvalue weighted by Crippen LogP contribution is 2.32. The number of anilines is 2. The lowest BCUT2D eigenvalue weighted by molar-refractivity contribution is 0.425. The van der Waals surface area contributed by atoms with Gasteiger partial charge in [0, 0.05) is 53.0 Å². The Labute approximate surface area is 265 Å². The highest BCUT2D eigenvalue weighted by atomic mass is 19.1. The second-order valence-corrected chi connectivity index (χ2v) is 11.4. The molecule has 0 aliphatic rings. The summed E-state index contributed by atoms with van der Waals surface area (Å²) in [4.78, 5) is 11.3. The summed E-state index contributed by atoms with van der Waals surface area (Å²) < 4.78 is 14.6. The molecule has 0 unspecified atom stereocenters. The molecule has 1 aromatic carbocycles. The Kier molecular flexibility index (Phi) is 10.7. The Balaban J connectivity index is 1.61. The number of aromatic amines is 1. The largest absolute Gasteiger partial charge is 0.384 e. The van der Waals surface area contributed by atoms with E-state index in [0.717, 1.165) is 51.4 Å². The highest BCUT2D eigenvalue weighted by Gasteiger charge is 2.15. The van der Waals surface area contributed by atoms with E-state index in [2.05, 4.69) is 74.6 Å². The molecule has 0 bridgehead atoms. The molecule has 4 aromatic rings. The summed E-state index contributed by atoms with van der Waals surface area (Å²) in [5.74, 6) is -0.0437. The Morgan fingerprint density at radius 1 is 1.13 bits per heavy atom. The van der Waals surface area contributed by atoms with Crippen LogP contribution in [0.5, 0.6) is 0 Å². The van der Waals surface area contributed by atoms with Gasteiger partial charge in [0.2, 0.25) is 0 Å². The number of halogens is 1. The molecule has 3 aromatic heterocycles. The van der Waals surface area contributed by atoms with E-state index in [1.54, 1.807) is 18.5 Å². The number of nitrogens with one attached hydrogen (secondary N) is 4. The zero-order valence-corrected chi connectivity index (χ0v) is 27.1. The van der Waals surface area contributed by atoms with Gasteiger partial charge in [0.05, 0.1) is 28.8 Å². The van der Waals surface area contributed by atoms with Crippen molar-refractivity contribution in [3.05, 3.63) is 115 Å². The summed E-state index contributed by atoms with van der Waals surface area (Å²) in [5.41, 5.74) is 9.22. The van der Waals surface area contributed by atoms with Crippen molar-refractivity contribution in [2.45, 2.75) is 27.7 Å². The number of hydrogen-bond acceptors (Lipinski definition) is 7. The topological polar surface area (TPSA) is 93.8 Å². The number of likely N-dealkylation sites (N-methyl/N-ethyl adjacent to an activating group) is 1. The van der Waals surface area contributed by atoms with E-state index >= 15 is 0 Å². The van der Waals surface area contributed by atoms with Crippen molar-refractivity contribution in [3.63, 3.8) is 0 Å². The van der Waals surface area contributed by atoms with Gasteiger partial charge < -0.3 is 20.9 Å². The van der Waals surface area contributed by atoms with E-state index in [9.17, 15) is 4.39 Å². The van der Waals surface area contributed by atoms with Gasteiger partial charge in [-0.15, -0.1) is 0 Å². The first-order valence-electron chi connectivity index (χ1n) is 14.9. The van der Waals surface area contributed by atoms with Crippen LogP contribution >= 0.6 is 0 Å². The first kappa shape index (κ1) is 32.9. The van der Waals surface area contributed by atoms with Gasteiger partial charge in [-0.1, -0.05) is 39.7 Å². The lowest BCUT2D eigenvalue weighted by Crippen LogP contribution is -2.20. The van der Waals surface area contributed by atoms with Gasteiger partial charge in [0.25, 0.3) is 0 Å². The van der Waals surface area contributed by atoms with Gasteiger partial charge in [-0.3, -0.25) is 15.1 Å². The van der Waals surface area contributed by atoms with Crippen molar-refractivity contribution in [1.82, 2.24) is 30.4 Å². The summed E-state index contributed by atoms with van der Waals surface area (Å²) in [7, 11) is 4.00. The predicted molar refractivity (Wildman–Crippen MR) is 187 cm³/mol. The molecule has 234 valence electrons. The molecule has 8 nitrogen and oxygen atoms in total. The smallest absolute Gasteiger partial charge is 0.125 e. The second kappa shape index (κ2) is 14.6. The van der Waals surface area contributed by atoms with E-state index in [-0.39, 0.29) is 11.7 Å². The molecular weight excluding hydrogens is 563 g/mol. The Hall–Kier alpha value is -5.02. The average molecular weight is 607 g/mol. The van der Waals surface area contributed by atoms with E-state index in [4.69, 9.17) is 0 Å². The van der Waals surface area contributed by atoms with Gasteiger partial charge in [-0.05, 0) is 87.5 Å². The normalized spacial score (nSPS) is 12.1. The van der Waals surface area contributed by atoms with Crippen LogP contribution < -0.4 is 16.0 Å². The Morgan fingerprint density at radius 3 is 2.60 bits per heavy atom. The molecule has 0 spiro atoms. The quantitative estimate of drug-likeness (QED) is 0.109. The van der Waals surface area contributed by atoms with Crippen molar-refractivity contribution in [2.24, 2.45) is 5.92 Å². The molecule has 0 atom stereocenters. The van der Waals surface area contributed by atoms with Crippen LogP contribution in [0.15, 0.2) is 92.1 Å². The van der Waals surface area contributed by atoms with Gasteiger partial charge in [-0.25, -0.2) is 4.39 Å². The predicted octanol–water partition coefficient (Wildman–Crippen LogP) is 7.76. The molecule has 4 N–H and O–H groups in total. The molecule has 0 radical (unpaired) electrons. The standard InChI is InChI=1S/C36H43FN8/c1-10-26(17-29(11-2)41-24(6)22(3)4)33-20-31-34(21-40-33)43-44-36(31)25(7)42-32-12-13-39-35(23(32)5)27-16-28(37)19-30(18-27)38-14-15-45(8)9/h10-13,16-22,38,41H,2,6-7,14-15H2,1,3-5,8-9H3,(H,39,42)(H,43,44)/b26-10+,29-17+. The third kappa shape index (κ3) is 8.13. The van der Waals surface area contributed by atoms with Crippen molar-refractivity contribution in [1.29, 1.82) is 0 Å². The number of hydrogen-bond donors (Lipinski definition) is 4. The minimum Gasteiger partial charge on any atom is -0.384 e. The molecule has 0 aliphatic heterocycles. The van der Waals surface area contributed by atoms with Crippen molar-refractivity contribution in [2.75, 3.05) is 37.8 Å². The van der Waals surface area contributed by atoms with Gasteiger partial charge in [-0.2, -0.15) is 5.10 Å². The summed E-state index contributed by atoms with van der Waals surface area (Å²) >= 11 is 0. The van der Waals surface area contributed by atoms with Crippen molar-refractivity contribution >= 4 is 33.5 Å². The third-order valence-electron chi connectivity index (χ3n) is 7.42. The second-order valence-electron chi connectivity index (χ2n) is 11.4. The van der Waals surface area contributed by atoms with E-state index in [1.165, 1.54) is 12.1 Å². The average Bonchev–Trinajstić information content (AvgIpc) is 3.43. The van der Waals surface area contributed by atoms with E-state index in [0.29, 0.717) is 34.9 Å². The van der Waals surface area contributed by atoms with Crippen molar-refractivity contribution in [3.8, 4) is 11.3 Å². The number of aromatic nitrogens is 4. The first-order chi connectivity index (χ1) is 21.5. The fraction of sp³-hybridized carbons (Fsp3) is 0.250. The summed E-state index contributed by atoms with van der Waals surface area (Å²) in [6, 6.07) is 8.78. The number of pyridine rings is 2. The zero-order valence-electron chi connectivity index (χ0n) is 27.1. The number of allylic oxidation sites excluding steroid dienone is 5. The Morgan fingerprint density at radius 2 is 1.91 bits per heavy atom. The number of rotatable bonds is 14. The van der Waals surface area contributed by atoms with Crippen LogP contribution in [-0.4, -0.2) is 52.3 Å². The van der Waals surface area contributed by atoms with Crippen LogP contribution in [0.25, 0.3) is 33.4 Å². The monoisotopic (exact) mass is 606 g/mol. The molecular formula is C36H43FN8. The molecule has 0 aliphatic carbocycles. The summed E-state index contributed by atoms with van der Waals surface area (Å²) in [6.45, 7) is 22.0. The molecule has 0 saturated carbocycles. The molecule has 9 heteroatoms. The maximum Gasteiger partial charge on any atom is 0.125 e. The van der Waals surface area contributed by atoms with Crippen LogP contribution in [0, 0.1) is 18.7 Å². The minimum absolute atomic E-state index is 0.283. The van der Waals surface area contributed by atoms with Crippen LogP contribution in [0.2, 0.25) is 0 Å². The van der Waals surface area contributed by atoms with Gasteiger partial charge >= 0.3 is 0 Å². The van der Waals surface area contributed by atoms with Gasteiger partial charge in [0.1, 0.15) is 11.5 Å². The SMILES string of the molecule is C=C/C(=C\C(=C/C)c1cc2c(C(=C)Nc3ccnc(-c4cc(F)cc(NCCN(C)C)c4)c3C)n[nH]c2cn1)NC(=C)C(C)C. The molecule has 3 heterocycles. The highest BCUT2D eigenvalue weighted by molar-refractivity contribution is 5.94. The maximum absolute atomic E-state index is 14.6. The summed E-state index contributed by atoms with van der Waals surface area (Å²) in [5, 5.41) is 18.5. The third-order valence-corrected chi connectivity index (χ3v) is 7.42. The Bertz CT molecular complexity index is 1780. The zero-order chi connectivity index (χ0) is 32.7. The van der Waals surface area contributed by atoms with Crippen LogP contribution in [0.3, 0.4) is 0 Å². The molecule has 0 fully saturated rings. The number of benzene rings is 1. The lowest BCUT2D eigenvalue weighted by atomic mass is 10.0. The lowest BCUT2D eigenvalue weighted by Gasteiger charge is -2.15. The molecule has 4 rings (SSSR count). The number of fused-ring (bicyclic) bond motifs is 1. The first-order valence-corrected chi connectivity index (χ1v) is 14.9. The van der Waals surface area contributed by atoms with Crippen LogP contribution in [0.4, 0.5) is 15.8 Å². The molecule has 45 heavy (non-hydrogen) atoms. The summed E-state index contributed by atoms with van der Waals surface area (Å²) in [6.07, 6.45) is 9.24. The van der Waals surface area contributed by atoms with Gasteiger partial charge in [0.15, 0.2) is 0 Å². The molecule has 0 amide bonds. The van der Waals surface area contributed by atoms with E-state index in [1.807, 2.05) is 58.3 Å². The number of H-pyrrole nitrogens is 1. The fourth-order valence-electron chi connectivity index (χ4n) is 4.69. The van der Waals surface area contributed by atoms with Crippen molar-refractivity contribution < 1.29 is 4.39 Å². The van der Waals surface area contributed by atoms with Crippen LogP contribution in [-0.2, 0) is 0 Å².